The molecular weight excluding hydrogens is 271 g/mol. The van der Waals surface area contributed by atoms with Gasteiger partial charge in [0.2, 0.25) is 10.0 Å². The summed E-state index contributed by atoms with van der Waals surface area (Å²) < 4.78 is 44.4. The van der Waals surface area contributed by atoms with Crippen molar-refractivity contribution in [2.75, 3.05) is 25.5 Å². The lowest BCUT2D eigenvalue weighted by Crippen LogP contribution is -2.28. The van der Waals surface area contributed by atoms with Crippen molar-refractivity contribution >= 4 is 15.7 Å². The van der Waals surface area contributed by atoms with Crippen LogP contribution in [0.2, 0.25) is 0 Å². The molecule has 3 N–H and O–H groups in total. The quantitative estimate of drug-likeness (QED) is 0.587. The minimum Gasteiger partial charge on any atom is -0.398 e. The van der Waals surface area contributed by atoms with Crippen LogP contribution in [0.3, 0.4) is 0 Å². The topological polar surface area (TPSA) is 81.4 Å². The van der Waals surface area contributed by atoms with Crippen molar-refractivity contribution in [3.63, 3.8) is 0 Å². The highest BCUT2D eigenvalue weighted by Crippen LogP contribution is 2.18. The van der Waals surface area contributed by atoms with Crippen molar-refractivity contribution in [3.05, 3.63) is 24.0 Å². The fraction of sp³-hybridized carbons (Fsp3) is 0.500. The van der Waals surface area contributed by atoms with Gasteiger partial charge >= 0.3 is 0 Å². The summed E-state index contributed by atoms with van der Waals surface area (Å²) in [7, 11) is -3.81. The van der Waals surface area contributed by atoms with E-state index in [9.17, 15) is 12.8 Å². The summed E-state index contributed by atoms with van der Waals surface area (Å²) in [6.45, 7) is 4.93. The summed E-state index contributed by atoms with van der Waals surface area (Å²) in [4.78, 5) is -0.253. The number of halogens is 1. The third-order valence-corrected chi connectivity index (χ3v) is 3.77. The minimum absolute atomic E-state index is 0.0111. The van der Waals surface area contributed by atoms with E-state index in [1.54, 1.807) is 0 Å². The van der Waals surface area contributed by atoms with E-state index in [0.717, 1.165) is 12.1 Å². The fourth-order valence-electron chi connectivity index (χ4n) is 1.39. The Balaban J connectivity index is 2.59. The summed E-state index contributed by atoms with van der Waals surface area (Å²) in [5, 5.41) is 0. The SMILES string of the molecule is CC(C)COCCNS(=O)(=O)c1cc(F)ccc1N. The third kappa shape index (κ3) is 5.14. The molecule has 5 nitrogen and oxygen atoms in total. The number of nitrogen functional groups attached to an aromatic ring is 1. The van der Waals surface area contributed by atoms with E-state index in [0.29, 0.717) is 12.5 Å². The van der Waals surface area contributed by atoms with Gasteiger partial charge in [0.1, 0.15) is 10.7 Å². The first-order chi connectivity index (χ1) is 8.83. The first-order valence-corrected chi connectivity index (χ1v) is 7.43. The highest BCUT2D eigenvalue weighted by Gasteiger charge is 2.17. The number of nitrogens with two attached hydrogens (primary N) is 1. The van der Waals surface area contributed by atoms with Crippen LogP contribution >= 0.6 is 0 Å². The van der Waals surface area contributed by atoms with Gasteiger partial charge in [-0.2, -0.15) is 0 Å². The second-order valence-corrected chi connectivity index (χ2v) is 6.28. The van der Waals surface area contributed by atoms with Crippen molar-refractivity contribution in [1.82, 2.24) is 4.72 Å². The van der Waals surface area contributed by atoms with Gasteiger partial charge in [-0.25, -0.2) is 17.5 Å². The van der Waals surface area contributed by atoms with Gasteiger partial charge in [0.15, 0.2) is 0 Å². The molecule has 0 saturated carbocycles. The van der Waals surface area contributed by atoms with Crippen molar-refractivity contribution in [3.8, 4) is 0 Å². The molecule has 1 aromatic carbocycles. The van der Waals surface area contributed by atoms with Gasteiger partial charge in [-0.05, 0) is 24.1 Å². The van der Waals surface area contributed by atoms with E-state index in [2.05, 4.69) is 4.72 Å². The van der Waals surface area contributed by atoms with Crippen LogP contribution in [0.4, 0.5) is 10.1 Å². The molecule has 0 aliphatic heterocycles. The number of nitrogens with one attached hydrogen (secondary N) is 1. The van der Waals surface area contributed by atoms with Gasteiger partial charge < -0.3 is 10.5 Å². The Kier molecular flexibility index (Phi) is 5.71. The lowest BCUT2D eigenvalue weighted by Gasteiger charge is -2.10. The van der Waals surface area contributed by atoms with Crippen LogP contribution in [0.15, 0.2) is 23.1 Å². The van der Waals surface area contributed by atoms with Crippen molar-refractivity contribution in [2.45, 2.75) is 18.7 Å². The molecule has 0 aliphatic carbocycles. The monoisotopic (exact) mass is 290 g/mol. The molecule has 1 rings (SSSR count). The van der Waals surface area contributed by atoms with E-state index in [1.165, 1.54) is 6.07 Å². The molecule has 0 aromatic heterocycles. The summed E-state index contributed by atoms with van der Waals surface area (Å²) in [6.07, 6.45) is 0. The zero-order chi connectivity index (χ0) is 14.5. The lowest BCUT2D eigenvalue weighted by molar-refractivity contribution is 0.114. The molecule has 108 valence electrons. The van der Waals surface area contributed by atoms with E-state index >= 15 is 0 Å². The third-order valence-electron chi connectivity index (χ3n) is 2.25. The standard InChI is InChI=1S/C12H19FN2O3S/c1-9(2)8-18-6-5-15-19(16,17)12-7-10(13)3-4-11(12)14/h3-4,7,9,15H,5-6,8,14H2,1-2H3. The second kappa shape index (κ2) is 6.83. The highest BCUT2D eigenvalue weighted by atomic mass is 32.2. The molecule has 0 heterocycles. The number of hydrogen-bond donors (Lipinski definition) is 2. The first kappa shape index (κ1) is 15.9. The summed E-state index contributed by atoms with van der Waals surface area (Å²) in [5.74, 6) is -0.263. The zero-order valence-electron chi connectivity index (χ0n) is 11.0. The average Bonchev–Trinajstić information content (AvgIpc) is 2.31. The van der Waals surface area contributed by atoms with Crippen molar-refractivity contribution in [1.29, 1.82) is 0 Å². The second-order valence-electron chi connectivity index (χ2n) is 4.55. The molecule has 0 radical (unpaired) electrons. The summed E-state index contributed by atoms with van der Waals surface area (Å²) in [6, 6.07) is 3.23. The molecule has 0 fully saturated rings. The van der Waals surface area contributed by atoms with Gasteiger partial charge in [-0.3, -0.25) is 0 Å². The molecule has 0 amide bonds. The zero-order valence-corrected chi connectivity index (χ0v) is 11.8. The fourth-order valence-corrected chi connectivity index (χ4v) is 2.54. The van der Waals surface area contributed by atoms with Gasteiger partial charge in [0.25, 0.3) is 0 Å². The number of ether oxygens (including phenoxy) is 1. The molecule has 0 unspecified atom stereocenters. The summed E-state index contributed by atoms with van der Waals surface area (Å²) >= 11 is 0. The number of anilines is 1. The van der Waals surface area contributed by atoms with Crippen LogP contribution in [0.25, 0.3) is 0 Å². The number of hydrogen-bond acceptors (Lipinski definition) is 4. The van der Waals surface area contributed by atoms with Gasteiger partial charge in [0.05, 0.1) is 12.3 Å². The maximum Gasteiger partial charge on any atom is 0.242 e. The number of benzene rings is 1. The average molecular weight is 290 g/mol. The smallest absolute Gasteiger partial charge is 0.242 e. The number of sulfonamides is 1. The maximum absolute atomic E-state index is 13.0. The van der Waals surface area contributed by atoms with E-state index in [1.807, 2.05) is 13.8 Å². The van der Waals surface area contributed by atoms with Crippen LogP contribution in [0.5, 0.6) is 0 Å². The van der Waals surface area contributed by atoms with Crippen LogP contribution in [0, 0.1) is 11.7 Å². The molecule has 0 atom stereocenters. The predicted molar refractivity (Wildman–Crippen MR) is 71.7 cm³/mol. The highest BCUT2D eigenvalue weighted by molar-refractivity contribution is 7.89. The maximum atomic E-state index is 13.0. The molecule has 0 saturated heterocycles. The number of rotatable bonds is 7. The molecule has 0 bridgehead atoms. The Labute approximate surface area is 113 Å². The van der Waals surface area contributed by atoms with Gasteiger partial charge in [-0.15, -0.1) is 0 Å². The first-order valence-electron chi connectivity index (χ1n) is 5.95. The predicted octanol–water partition coefficient (Wildman–Crippen LogP) is 1.36. The molecule has 19 heavy (non-hydrogen) atoms. The Hall–Kier alpha value is -1.18. The molecule has 1 aromatic rings. The summed E-state index contributed by atoms with van der Waals surface area (Å²) in [5.41, 5.74) is 5.54. The minimum atomic E-state index is -3.81. The Morgan fingerprint density at radius 1 is 1.42 bits per heavy atom. The largest absolute Gasteiger partial charge is 0.398 e. The molecular formula is C12H19FN2O3S. The van der Waals surface area contributed by atoms with E-state index < -0.39 is 15.8 Å². The Morgan fingerprint density at radius 2 is 2.11 bits per heavy atom. The Morgan fingerprint density at radius 3 is 2.74 bits per heavy atom. The lowest BCUT2D eigenvalue weighted by atomic mass is 10.2. The molecule has 0 aliphatic rings. The van der Waals surface area contributed by atoms with Gasteiger partial charge in [-0.1, -0.05) is 13.8 Å². The molecule has 7 heteroatoms. The molecule has 0 spiro atoms. The van der Waals surface area contributed by atoms with Gasteiger partial charge in [0, 0.05) is 13.2 Å². The van der Waals surface area contributed by atoms with Crippen molar-refractivity contribution < 1.29 is 17.5 Å². The van der Waals surface area contributed by atoms with Crippen LogP contribution < -0.4 is 10.5 Å². The Bertz CT molecular complexity index is 518. The van der Waals surface area contributed by atoms with Crippen LogP contribution in [-0.4, -0.2) is 28.2 Å². The van der Waals surface area contributed by atoms with E-state index in [4.69, 9.17) is 10.5 Å². The normalized spacial score (nSPS) is 12.0. The van der Waals surface area contributed by atoms with Crippen molar-refractivity contribution in [2.24, 2.45) is 5.92 Å². The van der Waals surface area contributed by atoms with Crippen LogP contribution in [-0.2, 0) is 14.8 Å². The van der Waals surface area contributed by atoms with Crippen LogP contribution in [0.1, 0.15) is 13.8 Å². The van der Waals surface area contributed by atoms with E-state index in [-0.39, 0.29) is 23.7 Å².